The number of fused-ring (bicyclic) bond motifs is 3. The fourth-order valence-electron chi connectivity index (χ4n) is 5.07. The van der Waals surface area contributed by atoms with Gasteiger partial charge in [0, 0.05) is 42.5 Å². The number of halogens is 1. The Morgan fingerprint density at radius 1 is 1.22 bits per heavy atom. The van der Waals surface area contributed by atoms with Crippen LogP contribution in [-0.2, 0) is 0 Å². The van der Waals surface area contributed by atoms with Crippen molar-refractivity contribution in [3.8, 4) is 11.3 Å². The number of hydrogen-bond donors (Lipinski definition) is 2. The molecule has 8 nitrogen and oxygen atoms in total. The van der Waals surface area contributed by atoms with Crippen LogP contribution in [-0.4, -0.2) is 57.5 Å². The van der Waals surface area contributed by atoms with Gasteiger partial charge in [0.2, 0.25) is 0 Å². The van der Waals surface area contributed by atoms with E-state index in [0.29, 0.717) is 24.0 Å². The summed E-state index contributed by atoms with van der Waals surface area (Å²) in [6, 6.07) is 8.03. The van der Waals surface area contributed by atoms with Crippen LogP contribution in [0.2, 0.25) is 0 Å². The highest BCUT2D eigenvalue weighted by Gasteiger charge is 2.40. The maximum absolute atomic E-state index is 13.2. The number of benzene rings is 1. The molecule has 9 heteroatoms. The van der Waals surface area contributed by atoms with Gasteiger partial charge in [-0.3, -0.25) is 5.32 Å². The van der Waals surface area contributed by atoms with Crippen molar-refractivity contribution in [2.24, 2.45) is 0 Å². The summed E-state index contributed by atoms with van der Waals surface area (Å²) in [5, 5.41) is 15.6. The molecule has 1 unspecified atom stereocenters. The summed E-state index contributed by atoms with van der Waals surface area (Å²) >= 11 is 0. The van der Waals surface area contributed by atoms with Gasteiger partial charge in [0.1, 0.15) is 6.67 Å². The van der Waals surface area contributed by atoms with Gasteiger partial charge in [0.25, 0.3) is 0 Å². The van der Waals surface area contributed by atoms with Crippen LogP contribution in [0.3, 0.4) is 0 Å². The zero-order valence-corrected chi connectivity index (χ0v) is 18.1. The van der Waals surface area contributed by atoms with Crippen LogP contribution < -0.4 is 10.6 Å². The minimum absolute atomic E-state index is 0.140. The molecule has 168 valence electrons. The number of aromatic nitrogens is 3. The molecule has 2 aliphatic rings. The van der Waals surface area contributed by atoms with Crippen LogP contribution >= 0.6 is 0 Å². The zero-order chi connectivity index (χ0) is 22.1. The van der Waals surface area contributed by atoms with Crippen molar-refractivity contribution in [3.63, 3.8) is 0 Å². The van der Waals surface area contributed by atoms with Gasteiger partial charge in [0.15, 0.2) is 17.5 Å². The minimum Gasteiger partial charge on any atom is -0.441 e. The van der Waals surface area contributed by atoms with Crippen molar-refractivity contribution in [3.05, 3.63) is 36.4 Å². The van der Waals surface area contributed by atoms with Crippen LogP contribution in [0.1, 0.15) is 38.0 Å². The summed E-state index contributed by atoms with van der Waals surface area (Å²) in [6.07, 6.45) is 6.47. The van der Waals surface area contributed by atoms with Gasteiger partial charge in [-0.25, -0.2) is 14.2 Å². The lowest BCUT2D eigenvalue weighted by molar-refractivity contribution is 0.0611. The van der Waals surface area contributed by atoms with Crippen LogP contribution in [0.15, 0.2) is 34.9 Å². The number of nitrogens with zero attached hydrogens (tertiary/aromatic N) is 4. The van der Waals surface area contributed by atoms with Crippen LogP contribution in [0, 0.1) is 6.92 Å². The lowest BCUT2D eigenvalue weighted by atomic mass is 9.82. The van der Waals surface area contributed by atoms with Crippen molar-refractivity contribution in [1.82, 2.24) is 25.4 Å². The number of nitrogens with one attached hydrogen (secondary N) is 2. The molecule has 4 heterocycles. The molecule has 2 fully saturated rings. The van der Waals surface area contributed by atoms with E-state index >= 15 is 0 Å². The van der Waals surface area contributed by atoms with E-state index in [9.17, 15) is 9.18 Å². The molecule has 0 saturated carbocycles. The number of carbonyl (C=O) groups excluding carboxylic acids is 1. The number of aryl methyl sites for hydroxylation is 1. The predicted molar refractivity (Wildman–Crippen MR) is 119 cm³/mol. The number of alkyl halides is 1. The van der Waals surface area contributed by atoms with Crippen molar-refractivity contribution < 1.29 is 13.6 Å². The Balaban J connectivity index is 1.33. The van der Waals surface area contributed by atoms with Gasteiger partial charge in [-0.1, -0.05) is 0 Å². The third-order valence-corrected chi connectivity index (χ3v) is 6.46. The Hall–Kier alpha value is -3.07. The van der Waals surface area contributed by atoms with E-state index in [1.54, 1.807) is 13.1 Å². The Kier molecular flexibility index (Phi) is 5.73. The molecule has 2 aromatic heterocycles. The summed E-state index contributed by atoms with van der Waals surface area (Å²) in [7, 11) is 0. The number of hydrogen-bond acceptors (Lipinski definition) is 6. The fourth-order valence-corrected chi connectivity index (χ4v) is 5.07. The van der Waals surface area contributed by atoms with Crippen molar-refractivity contribution in [2.45, 2.75) is 57.2 Å². The molecular formula is C23H27FN6O2. The predicted octanol–water partition coefficient (Wildman–Crippen LogP) is 4.07. The zero-order valence-electron chi connectivity index (χ0n) is 18.1. The molecule has 2 bridgehead atoms. The second-order valence-corrected chi connectivity index (χ2v) is 8.63. The number of piperidine rings is 2. The third kappa shape index (κ3) is 4.17. The summed E-state index contributed by atoms with van der Waals surface area (Å²) in [6.45, 7) is 1.81. The Labute approximate surface area is 185 Å². The van der Waals surface area contributed by atoms with Gasteiger partial charge in [-0.15, -0.1) is 10.2 Å². The molecule has 5 rings (SSSR count). The Morgan fingerprint density at radius 3 is 2.75 bits per heavy atom. The van der Waals surface area contributed by atoms with E-state index in [0.717, 1.165) is 48.6 Å². The van der Waals surface area contributed by atoms with Gasteiger partial charge in [0.05, 0.1) is 11.7 Å². The minimum atomic E-state index is -0.367. The molecule has 2 saturated heterocycles. The fraction of sp³-hybridized carbons (Fsp3) is 0.478. The largest absolute Gasteiger partial charge is 0.441 e. The van der Waals surface area contributed by atoms with Crippen LogP contribution in [0.25, 0.3) is 22.2 Å². The van der Waals surface area contributed by atoms with Crippen molar-refractivity contribution in [1.29, 1.82) is 0 Å². The van der Waals surface area contributed by atoms with Gasteiger partial charge < -0.3 is 14.6 Å². The highest BCUT2D eigenvalue weighted by molar-refractivity contribution is 5.92. The molecule has 2 N–H and O–H groups in total. The van der Waals surface area contributed by atoms with E-state index in [-0.39, 0.29) is 30.8 Å². The first kappa shape index (κ1) is 20.8. The van der Waals surface area contributed by atoms with Crippen LogP contribution in [0.4, 0.5) is 15.0 Å². The molecule has 0 radical (unpaired) electrons. The number of carbonyl (C=O) groups is 1. The SMILES string of the molecule is Cc1ncc(-c2ccc3nnc(NC(=O)N4[C@@H]5CCC[C@H]4CC(NCCF)C5)cc3c2)o1. The quantitative estimate of drug-likeness (QED) is 0.623. The molecular weight excluding hydrogens is 411 g/mol. The van der Waals surface area contributed by atoms with Crippen molar-refractivity contribution in [2.75, 3.05) is 18.5 Å². The summed E-state index contributed by atoms with van der Waals surface area (Å²) in [4.78, 5) is 19.3. The monoisotopic (exact) mass is 438 g/mol. The number of rotatable bonds is 5. The number of amides is 2. The molecule has 2 aliphatic heterocycles. The average Bonchev–Trinajstić information content (AvgIpc) is 3.22. The lowest BCUT2D eigenvalue weighted by Crippen LogP contribution is -2.59. The van der Waals surface area contributed by atoms with E-state index in [2.05, 4.69) is 25.8 Å². The first-order chi connectivity index (χ1) is 15.6. The molecule has 2 amide bonds. The summed E-state index contributed by atoms with van der Waals surface area (Å²) < 4.78 is 18.2. The standard InChI is InChI=1S/C23H27FN6O2/c1-14-26-13-21(32-14)15-5-6-20-16(9-15)10-22(29-28-20)27-23(31)30-18-3-2-4-19(30)12-17(11-18)25-8-7-24/h5-6,9-10,13,17-19,25H,2-4,7-8,11-12H2,1H3,(H,27,29,31)/t17?,18-,19+. The van der Waals surface area contributed by atoms with Gasteiger partial charge in [-0.2, -0.15) is 0 Å². The maximum Gasteiger partial charge on any atom is 0.323 e. The van der Waals surface area contributed by atoms with Gasteiger partial charge >= 0.3 is 6.03 Å². The first-order valence-electron chi connectivity index (χ1n) is 11.2. The molecule has 32 heavy (non-hydrogen) atoms. The number of anilines is 1. The smallest absolute Gasteiger partial charge is 0.323 e. The topological polar surface area (TPSA) is 96.2 Å². The van der Waals surface area contributed by atoms with E-state index in [4.69, 9.17) is 4.42 Å². The third-order valence-electron chi connectivity index (χ3n) is 6.46. The Bertz CT molecular complexity index is 1100. The van der Waals surface area contributed by atoms with E-state index in [1.807, 2.05) is 29.2 Å². The summed E-state index contributed by atoms with van der Waals surface area (Å²) in [5.74, 6) is 1.71. The average molecular weight is 439 g/mol. The molecule has 0 spiro atoms. The summed E-state index contributed by atoms with van der Waals surface area (Å²) in [5.41, 5.74) is 1.63. The van der Waals surface area contributed by atoms with E-state index < -0.39 is 0 Å². The maximum atomic E-state index is 13.2. The van der Waals surface area contributed by atoms with Crippen LogP contribution in [0.5, 0.6) is 0 Å². The highest BCUT2D eigenvalue weighted by Crippen LogP contribution is 2.34. The Morgan fingerprint density at radius 2 is 2.03 bits per heavy atom. The van der Waals surface area contributed by atoms with E-state index in [1.165, 1.54) is 0 Å². The normalized spacial score (nSPS) is 22.8. The molecule has 0 aliphatic carbocycles. The molecule has 3 aromatic rings. The van der Waals surface area contributed by atoms with Crippen molar-refractivity contribution >= 4 is 22.8 Å². The molecule has 3 atom stereocenters. The second kappa shape index (κ2) is 8.82. The lowest BCUT2D eigenvalue weighted by Gasteiger charge is -2.48. The van der Waals surface area contributed by atoms with Gasteiger partial charge in [-0.05, 0) is 56.4 Å². The second-order valence-electron chi connectivity index (χ2n) is 8.63. The molecule has 1 aromatic carbocycles. The first-order valence-corrected chi connectivity index (χ1v) is 11.2. The number of urea groups is 1. The highest BCUT2D eigenvalue weighted by atomic mass is 19.1. The number of oxazole rings is 1.